The minimum absolute atomic E-state index is 0.175. The van der Waals surface area contributed by atoms with Gasteiger partial charge in [0.2, 0.25) is 0 Å². The van der Waals surface area contributed by atoms with Gasteiger partial charge in [-0.05, 0) is 74.5 Å². The molecule has 0 aromatic heterocycles. The summed E-state index contributed by atoms with van der Waals surface area (Å²) < 4.78 is 20.9. The van der Waals surface area contributed by atoms with E-state index < -0.39 is 11.9 Å². The van der Waals surface area contributed by atoms with Crippen LogP contribution in [0.1, 0.15) is 36.7 Å². The molecule has 0 radical (unpaired) electrons. The molecule has 10 heteroatoms. The van der Waals surface area contributed by atoms with Crippen molar-refractivity contribution in [2.75, 3.05) is 33.5 Å². The molecule has 1 aliphatic heterocycles. The second-order valence-electron chi connectivity index (χ2n) is 7.33. The Hall–Kier alpha value is -3.79. The Labute approximate surface area is 214 Å². The molecule has 0 bridgehead atoms. The normalized spacial score (nSPS) is 15.3. The van der Waals surface area contributed by atoms with E-state index >= 15 is 0 Å². The van der Waals surface area contributed by atoms with Crippen LogP contribution in [-0.4, -0.2) is 61.4 Å². The Bertz CT molecular complexity index is 1190. The number of esters is 2. The highest BCUT2D eigenvalue weighted by Gasteiger charge is 2.32. The van der Waals surface area contributed by atoms with E-state index in [-0.39, 0.29) is 19.1 Å². The summed E-state index contributed by atoms with van der Waals surface area (Å²) in [6.07, 6.45) is 1.75. The standard InChI is InChI=1S/C26H28N2O7S/c1-5-28-24(30)22(36-26(28)27-19-10-8-9-18(15-19)25(31)32-4)14-17-11-12-20(21(13-17)33-6-2)35-16-23(29)34-7-3/h8-15H,5-7,16H2,1-4H3. The number of carbonyl (C=O) groups is 3. The molecule has 1 aliphatic rings. The van der Waals surface area contributed by atoms with Crippen molar-refractivity contribution >= 4 is 46.5 Å². The van der Waals surface area contributed by atoms with Crippen LogP contribution in [0.4, 0.5) is 5.69 Å². The number of carbonyl (C=O) groups excluding carboxylic acids is 3. The molecule has 0 spiro atoms. The minimum Gasteiger partial charge on any atom is -0.490 e. The van der Waals surface area contributed by atoms with E-state index in [1.807, 2.05) is 13.8 Å². The van der Waals surface area contributed by atoms with Crippen molar-refractivity contribution in [2.24, 2.45) is 4.99 Å². The van der Waals surface area contributed by atoms with Crippen molar-refractivity contribution in [3.05, 3.63) is 58.5 Å². The van der Waals surface area contributed by atoms with Gasteiger partial charge in [-0.25, -0.2) is 14.6 Å². The monoisotopic (exact) mass is 512 g/mol. The van der Waals surface area contributed by atoms with Gasteiger partial charge in [-0.2, -0.15) is 0 Å². The van der Waals surface area contributed by atoms with Crippen molar-refractivity contribution in [2.45, 2.75) is 20.8 Å². The van der Waals surface area contributed by atoms with E-state index in [2.05, 4.69) is 4.99 Å². The lowest BCUT2D eigenvalue weighted by atomic mass is 10.2. The summed E-state index contributed by atoms with van der Waals surface area (Å²) >= 11 is 1.24. The molecular formula is C26H28N2O7S. The molecule has 0 aliphatic carbocycles. The molecule has 1 saturated heterocycles. The SMILES string of the molecule is CCOC(=O)COc1ccc(C=C2SC(=Nc3cccc(C(=O)OC)c3)N(CC)C2=O)cc1OCC. The number of ether oxygens (including phenoxy) is 4. The van der Waals surface area contributed by atoms with Gasteiger partial charge >= 0.3 is 11.9 Å². The third-order valence-electron chi connectivity index (χ3n) is 4.91. The first kappa shape index (κ1) is 26.8. The fraction of sp³-hybridized carbons (Fsp3) is 0.308. The molecule has 1 amide bonds. The van der Waals surface area contributed by atoms with Gasteiger partial charge in [0.25, 0.3) is 5.91 Å². The zero-order valence-corrected chi connectivity index (χ0v) is 21.4. The molecule has 190 valence electrons. The summed E-state index contributed by atoms with van der Waals surface area (Å²) in [4.78, 5) is 43.2. The van der Waals surface area contributed by atoms with Gasteiger partial charge in [-0.15, -0.1) is 0 Å². The lowest BCUT2D eigenvalue weighted by molar-refractivity contribution is -0.145. The Kier molecular flexibility index (Phi) is 9.52. The maximum absolute atomic E-state index is 13.1. The second kappa shape index (κ2) is 12.8. The Balaban J connectivity index is 1.85. The number of methoxy groups -OCH3 is 1. The molecule has 0 atom stereocenters. The number of hydrogen-bond acceptors (Lipinski definition) is 9. The highest BCUT2D eigenvalue weighted by molar-refractivity contribution is 8.18. The highest BCUT2D eigenvalue weighted by atomic mass is 32.2. The number of hydrogen-bond donors (Lipinski definition) is 0. The van der Waals surface area contributed by atoms with Gasteiger partial charge in [0, 0.05) is 6.54 Å². The van der Waals surface area contributed by atoms with Crippen LogP contribution in [-0.2, 0) is 19.1 Å². The molecule has 2 aromatic carbocycles. The van der Waals surface area contributed by atoms with E-state index in [1.54, 1.807) is 60.4 Å². The third-order valence-corrected chi connectivity index (χ3v) is 5.92. The summed E-state index contributed by atoms with van der Waals surface area (Å²) in [7, 11) is 1.32. The van der Waals surface area contributed by atoms with E-state index in [4.69, 9.17) is 18.9 Å². The predicted molar refractivity (Wildman–Crippen MR) is 138 cm³/mol. The quantitative estimate of drug-likeness (QED) is 0.340. The summed E-state index contributed by atoms with van der Waals surface area (Å²) in [5.74, 6) is -0.249. The first-order valence-electron chi connectivity index (χ1n) is 11.4. The zero-order valence-electron chi connectivity index (χ0n) is 20.6. The van der Waals surface area contributed by atoms with Gasteiger partial charge in [-0.3, -0.25) is 9.69 Å². The van der Waals surface area contributed by atoms with Crippen molar-refractivity contribution in [1.82, 2.24) is 4.90 Å². The van der Waals surface area contributed by atoms with Crippen molar-refractivity contribution < 1.29 is 33.3 Å². The Morgan fingerprint density at radius 1 is 1.03 bits per heavy atom. The fourth-order valence-electron chi connectivity index (χ4n) is 3.29. The topological polar surface area (TPSA) is 104 Å². The van der Waals surface area contributed by atoms with Crippen LogP contribution >= 0.6 is 11.8 Å². The lowest BCUT2D eigenvalue weighted by Gasteiger charge is -2.12. The summed E-state index contributed by atoms with van der Waals surface area (Å²) in [5, 5.41) is 0.509. The molecular weight excluding hydrogens is 484 g/mol. The number of amidine groups is 1. The number of likely N-dealkylation sites (N-methyl/N-ethyl adjacent to an activating group) is 1. The van der Waals surface area contributed by atoms with Gasteiger partial charge in [0.05, 0.1) is 36.5 Å². The second-order valence-corrected chi connectivity index (χ2v) is 8.34. The van der Waals surface area contributed by atoms with Crippen molar-refractivity contribution in [3.8, 4) is 11.5 Å². The number of amides is 1. The molecule has 1 heterocycles. The average Bonchev–Trinajstić information content (AvgIpc) is 3.16. The number of aliphatic imine (C=N–C) groups is 1. The molecule has 1 fully saturated rings. The first-order chi connectivity index (χ1) is 17.4. The zero-order chi connectivity index (χ0) is 26.1. The van der Waals surface area contributed by atoms with Gasteiger partial charge in [0.15, 0.2) is 23.3 Å². The van der Waals surface area contributed by atoms with Crippen LogP contribution in [0.5, 0.6) is 11.5 Å². The molecule has 3 rings (SSSR count). The Morgan fingerprint density at radius 3 is 2.53 bits per heavy atom. The minimum atomic E-state index is -0.470. The predicted octanol–water partition coefficient (Wildman–Crippen LogP) is 4.44. The van der Waals surface area contributed by atoms with Crippen molar-refractivity contribution in [1.29, 1.82) is 0 Å². The summed E-state index contributed by atoms with van der Waals surface area (Å²) in [6, 6.07) is 11.9. The maximum atomic E-state index is 13.1. The molecule has 0 saturated carbocycles. The van der Waals surface area contributed by atoms with Crippen LogP contribution < -0.4 is 9.47 Å². The molecule has 9 nitrogen and oxygen atoms in total. The number of rotatable bonds is 10. The van der Waals surface area contributed by atoms with Crippen molar-refractivity contribution in [3.63, 3.8) is 0 Å². The molecule has 36 heavy (non-hydrogen) atoms. The lowest BCUT2D eigenvalue weighted by Crippen LogP contribution is -2.28. The smallest absolute Gasteiger partial charge is 0.344 e. The average molecular weight is 513 g/mol. The highest BCUT2D eigenvalue weighted by Crippen LogP contribution is 2.36. The molecule has 0 unspecified atom stereocenters. The Morgan fingerprint density at radius 2 is 1.83 bits per heavy atom. The van der Waals surface area contributed by atoms with Gasteiger partial charge in [-0.1, -0.05) is 12.1 Å². The summed E-state index contributed by atoms with van der Waals surface area (Å²) in [5.41, 5.74) is 1.64. The molecule has 2 aromatic rings. The first-order valence-corrected chi connectivity index (χ1v) is 12.3. The van der Waals surface area contributed by atoms with Crippen LogP contribution in [0.3, 0.4) is 0 Å². The maximum Gasteiger partial charge on any atom is 0.344 e. The fourth-order valence-corrected chi connectivity index (χ4v) is 4.36. The van der Waals surface area contributed by atoms with Gasteiger partial charge in [0.1, 0.15) is 0 Å². The van der Waals surface area contributed by atoms with E-state index in [0.717, 1.165) is 5.56 Å². The largest absolute Gasteiger partial charge is 0.490 e. The van der Waals surface area contributed by atoms with Gasteiger partial charge < -0.3 is 18.9 Å². The number of thioether (sulfide) groups is 1. The van der Waals surface area contributed by atoms with E-state index in [1.165, 1.54) is 18.9 Å². The number of benzene rings is 2. The van der Waals surface area contributed by atoms with Crippen LogP contribution in [0.15, 0.2) is 52.4 Å². The van der Waals surface area contributed by atoms with Crippen LogP contribution in [0.25, 0.3) is 6.08 Å². The third kappa shape index (κ3) is 6.66. The van der Waals surface area contributed by atoms with Crippen LogP contribution in [0.2, 0.25) is 0 Å². The number of nitrogens with zero attached hydrogens (tertiary/aromatic N) is 2. The van der Waals surface area contributed by atoms with E-state index in [9.17, 15) is 14.4 Å². The molecule has 0 N–H and O–H groups in total. The summed E-state index contributed by atoms with van der Waals surface area (Å²) in [6.45, 7) is 6.31. The van der Waals surface area contributed by atoms with Crippen LogP contribution in [0, 0.1) is 0 Å². The van der Waals surface area contributed by atoms with E-state index in [0.29, 0.717) is 46.0 Å².